The number of ether oxygens (including phenoxy) is 1. The molecule has 140 valence electrons. The van der Waals surface area contributed by atoms with Crippen molar-refractivity contribution in [3.63, 3.8) is 0 Å². The van der Waals surface area contributed by atoms with Crippen LogP contribution in [0, 0.1) is 5.92 Å². The molecule has 1 fully saturated rings. The molecular formula is C19H25N3O3S. The normalized spacial score (nSPS) is 19.9. The van der Waals surface area contributed by atoms with Crippen molar-refractivity contribution in [3.8, 4) is 17.2 Å². The van der Waals surface area contributed by atoms with Crippen LogP contribution in [0.15, 0.2) is 33.9 Å². The third-order valence-corrected chi connectivity index (χ3v) is 5.42. The molecule has 2 atom stereocenters. The molecule has 1 aromatic carbocycles. The average molecular weight is 375 g/mol. The highest BCUT2D eigenvalue weighted by Crippen LogP contribution is 2.26. The topological polar surface area (TPSA) is 77.2 Å². The Bertz CT molecular complexity index is 717. The molecule has 6 nitrogen and oxygen atoms in total. The van der Waals surface area contributed by atoms with Gasteiger partial charge in [0.15, 0.2) is 0 Å². The van der Waals surface area contributed by atoms with Gasteiger partial charge < -0.3 is 14.5 Å². The van der Waals surface area contributed by atoms with E-state index in [1.165, 1.54) is 31.0 Å². The van der Waals surface area contributed by atoms with E-state index in [4.69, 9.17) is 9.15 Å². The number of nitrogens with zero attached hydrogens (tertiary/aromatic N) is 2. The molecule has 7 heteroatoms. The molecule has 1 amide bonds. The SMILES string of the molecule is CCOc1ccc(-c2nnc(SCC(=O)N[C@H]3CCCC[C@H]3C)o2)cc1. The van der Waals surface area contributed by atoms with E-state index >= 15 is 0 Å². The molecule has 0 spiro atoms. The zero-order valence-electron chi connectivity index (χ0n) is 15.2. The maximum Gasteiger partial charge on any atom is 0.277 e. The number of thioether (sulfide) groups is 1. The molecule has 26 heavy (non-hydrogen) atoms. The van der Waals surface area contributed by atoms with E-state index in [-0.39, 0.29) is 11.7 Å². The zero-order chi connectivity index (χ0) is 18.4. The Morgan fingerprint density at radius 3 is 2.77 bits per heavy atom. The minimum Gasteiger partial charge on any atom is -0.494 e. The number of nitrogens with one attached hydrogen (secondary N) is 1. The van der Waals surface area contributed by atoms with Gasteiger partial charge in [-0.3, -0.25) is 4.79 Å². The van der Waals surface area contributed by atoms with Gasteiger partial charge in [0.25, 0.3) is 5.22 Å². The van der Waals surface area contributed by atoms with Gasteiger partial charge in [-0.2, -0.15) is 0 Å². The van der Waals surface area contributed by atoms with Gasteiger partial charge in [0.05, 0.1) is 12.4 Å². The van der Waals surface area contributed by atoms with Crippen molar-refractivity contribution < 1.29 is 13.9 Å². The van der Waals surface area contributed by atoms with Crippen LogP contribution in [0.2, 0.25) is 0 Å². The van der Waals surface area contributed by atoms with E-state index in [9.17, 15) is 4.79 Å². The van der Waals surface area contributed by atoms with Crippen molar-refractivity contribution in [2.45, 2.75) is 50.8 Å². The summed E-state index contributed by atoms with van der Waals surface area (Å²) in [6.45, 7) is 4.78. The Labute approximate surface area is 158 Å². The molecule has 0 bridgehead atoms. The van der Waals surface area contributed by atoms with Gasteiger partial charge in [-0.1, -0.05) is 31.5 Å². The first-order valence-corrected chi connectivity index (χ1v) is 10.1. The molecule has 1 heterocycles. The Kier molecular flexibility index (Phi) is 6.55. The van der Waals surface area contributed by atoms with E-state index in [0.717, 1.165) is 17.7 Å². The molecule has 1 aromatic heterocycles. The first-order valence-electron chi connectivity index (χ1n) is 9.14. The van der Waals surface area contributed by atoms with E-state index in [1.54, 1.807) is 0 Å². The third kappa shape index (κ3) is 5.00. The van der Waals surface area contributed by atoms with Crippen molar-refractivity contribution in [1.29, 1.82) is 0 Å². The molecule has 0 unspecified atom stereocenters. The molecule has 3 rings (SSSR count). The van der Waals surface area contributed by atoms with Crippen molar-refractivity contribution in [2.75, 3.05) is 12.4 Å². The smallest absolute Gasteiger partial charge is 0.277 e. The number of carbonyl (C=O) groups excluding carboxylic acids is 1. The largest absolute Gasteiger partial charge is 0.494 e. The van der Waals surface area contributed by atoms with Crippen molar-refractivity contribution >= 4 is 17.7 Å². The van der Waals surface area contributed by atoms with Crippen LogP contribution in [0.25, 0.3) is 11.5 Å². The van der Waals surface area contributed by atoms with Crippen LogP contribution < -0.4 is 10.1 Å². The summed E-state index contributed by atoms with van der Waals surface area (Å²) in [5, 5.41) is 11.6. The second kappa shape index (κ2) is 9.07. The lowest BCUT2D eigenvalue weighted by Gasteiger charge is -2.29. The Hall–Kier alpha value is -2.02. The summed E-state index contributed by atoms with van der Waals surface area (Å²) in [4.78, 5) is 12.2. The number of hydrogen-bond acceptors (Lipinski definition) is 6. The highest BCUT2D eigenvalue weighted by molar-refractivity contribution is 7.99. The molecule has 0 saturated heterocycles. The summed E-state index contributed by atoms with van der Waals surface area (Å²) < 4.78 is 11.1. The van der Waals surface area contributed by atoms with Crippen LogP contribution >= 0.6 is 11.8 Å². The fraction of sp³-hybridized carbons (Fsp3) is 0.526. The van der Waals surface area contributed by atoms with E-state index in [2.05, 4.69) is 22.4 Å². The average Bonchev–Trinajstić information content (AvgIpc) is 3.12. The standard InChI is InChI=1S/C19H25N3O3S/c1-3-24-15-10-8-14(9-11-15)18-21-22-19(25-18)26-12-17(23)20-16-7-5-4-6-13(16)2/h8-11,13,16H,3-7,12H2,1-2H3,(H,20,23)/t13-,16+/m1/s1. The number of aromatic nitrogens is 2. The number of hydrogen-bond donors (Lipinski definition) is 1. The summed E-state index contributed by atoms with van der Waals surface area (Å²) in [6.07, 6.45) is 4.71. The van der Waals surface area contributed by atoms with Gasteiger partial charge in [-0.05, 0) is 49.9 Å². The predicted molar refractivity (Wildman–Crippen MR) is 101 cm³/mol. The zero-order valence-corrected chi connectivity index (χ0v) is 16.1. The summed E-state index contributed by atoms with van der Waals surface area (Å²) in [6, 6.07) is 7.79. The molecule has 0 aliphatic heterocycles. The summed E-state index contributed by atoms with van der Waals surface area (Å²) in [5.74, 6) is 2.10. The summed E-state index contributed by atoms with van der Waals surface area (Å²) >= 11 is 1.27. The van der Waals surface area contributed by atoms with Crippen LogP contribution in [-0.2, 0) is 4.79 Å². The van der Waals surface area contributed by atoms with Crippen molar-refractivity contribution in [3.05, 3.63) is 24.3 Å². The number of benzene rings is 1. The molecule has 0 radical (unpaired) electrons. The van der Waals surface area contributed by atoms with Crippen LogP contribution in [0.5, 0.6) is 5.75 Å². The fourth-order valence-corrected chi connectivity index (χ4v) is 3.73. The maximum absolute atomic E-state index is 12.2. The second-order valence-electron chi connectivity index (χ2n) is 6.55. The van der Waals surface area contributed by atoms with E-state index in [0.29, 0.717) is 29.7 Å². The van der Waals surface area contributed by atoms with Crippen molar-refractivity contribution in [2.24, 2.45) is 5.92 Å². The molecule has 1 N–H and O–H groups in total. The first kappa shape index (κ1) is 18.8. The highest BCUT2D eigenvalue weighted by atomic mass is 32.2. The molecule has 1 saturated carbocycles. The molecule has 1 aliphatic carbocycles. The lowest BCUT2D eigenvalue weighted by atomic mass is 9.86. The number of carbonyl (C=O) groups is 1. The summed E-state index contributed by atoms with van der Waals surface area (Å²) in [5.41, 5.74) is 0.827. The van der Waals surface area contributed by atoms with Crippen LogP contribution in [0.1, 0.15) is 39.5 Å². The lowest BCUT2D eigenvalue weighted by molar-refractivity contribution is -0.119. The third-order valence-electron chi connectivity index (χ3n) is 4.60. The van der Waals surface area contributed by atoms with Gasteiger partial charge in [0.2, 0.25) is 11.8 Å². The molecular weight excluding hydrogens is 350 g/mol. The van der Waals surface area contributed by atoms with E-state index < -0.39 is 0 Å². The monoisotopic (exact) mass is 375 g/mol. The minimum atomic E-state index is 0.0227. The maximum atomic E-state index is 12.2. The predicted octanol–water partition coefficient (Wildman–Crippen LogP) is 3.92. The number of amides is 1. The van der Waals surface area contributed by atoms with Gasteiger partial charge >= 0.3 is 0 Å². The van der Waals surface area contributed by atoms with Gasteiger partial charge in [-0.25, -0.2) is 0 Å². The highest BCUT2D eigenvalue weighted by Gasteiger charge is 2.23. The first-order chi connectivity index (χ1) is 12.7. The van der Waals surface area contributed by atoms with Gasteiger partial charge in [0, 0.05) is 11.6 Å². The quantitative estimate of drug-likeness (QED) is 0.739. The number of rotatable bonds is 7. The Balaban J connectivity index is 1.51. The fourth-order valence-electron chi connectivity index (χ4n) is 3.15. The Morgan fingerprint density at radius 1 is 1.27 bits per heavy atom. The minimum absolute atomic E-state index is 0.0227. The molecule has 2 aromatic rings. The Morgan fingerprint density at radius 2 is 2.04 bits per heavy atom. The molecule has 1 aliphatic rings. The van der Waals surface area contributed by atoms with Gasteiger partial charge in [0.1, 0.15) is 5.75 Å². The van der Waals surface area contributed by atoms with Crippen LogP contribution in [0.3, 0.4) is 0 Å². The lowest BCUT2D eigenvalue weighted by Crippen LogP contribution is -2.41. The van der Waals surface area contributed by atoms with Crippen LogP contribution in [0.4, 0.5) is 0 Å². The van der Waals surface area contributed by atoms with Gasteiger partial charge in [-0.15, -0.1) is 10.2 Å². The summed E-state index contributed by atoms with van der Waals surface area (Å²) in [7, 11) is 0. The van der Waals surface area contributed by atoms with Crippen LogP contribution in [-0.4, -0.2) is 34.5 Å². The van der Waals surface area contributed by atoms with E-state index in [1.807, 2.05) is 31.2 Å². The van der Waals surface area contributed by atoms with Crippen molar-refractivity contribution in [1.82, 2.24) is 15.5 Å². The second-order valence-corrected chi connectivity index (χ2v) is 7.48.